The molecular weight excluding hydrogens is 548 g/mol. The number of ketones is 1. The number of hydrogen-bond acceptors (Lipinski definition) is 2. The van der Waals surface area contributed by atoms with Crippen molar-refractivity contribution in [3.8, 4) is 11.5 Å². The Labute approximate surface area is 270 Å². The third-order valence-electron chi connectivity index (χ3n) is 9.60. The molecule has 0 fully saturated rings. The van der Waals surface area contributed by atoms with Gasteiger partial charge in [-0.1, -0.05) is 48.5 Å². The Bertz CT molecular complexity index is 1910. The van der Waals surface area contributed by atoms with Crippen molar-refractivity contribution in [3.05, 3.63) is 162 Å². The fraction of sp³-hybridized carbons (Fsp3) is 0.279. The van der Waals surface area contributed by atoms with Crippen molar-refractivity contribution in [2.24, 2.45) is 0 Å². The van der Waals surface area contributed by atoms with Gasteiger partial charge in [0.05, 0.1) is 0 Å². The van der Waals surface area contributed by atoms with Crippen LogP contribution in [-0.4, -0.2) is 5.78 Å². The largest absolute Gasteiger partial charge is 0.457 e. The summed E-state index contributed by atoms with van der Waals surface area (Å²) >= 11 is 0. The molecule has 0 spiro atoms. The molecule has 0 saturated carbocycles. The molecule has 0 saturated heterocycles. The predicted octanol–water partition coefficient (Wildman–Crippen LogP) is 10.9. The first kappa shape index (κ1) is 32.0. The van der Waals surface area contributed by atoms with Crippen LogP contribution in [-0.2, 0) is 19.3 Å². The van der Waals surface area contributed by atoms with Crippen LogP contribution in [0.2, 0.25) is 0 Å². The van der Waals surface area contributed by atoms with Gasteiger partial charge >= 0.3 is 0 Å². The van der Waals surface area contributed by atoms with Crippen LogP contribution in [0.15, 0.2) is 78.9 Å². The van der Waals surface area contributed by atoms with E-state index < -0.39 is 0 Å². The Kier molecular flexibility index (Phi) is 9.44. The van der Waals surface area contributed by atoms with E-state index in [1.54, 1.807) is 0 Å². The summed E-state index contributed by atoms with van der Waals surface area (Å²) < 4.78 is 6.61. The van der Waals surface area contributed by atoms with Crippen LogP contribution < -0.4 is 4.74 Å². The number of carbonyl (C=O) groups is 1. The van der Waals surface area contributed by atoms with E-state index in [4.69, 9.17) is 4.74 Å². The zero-order valence-electron chi connectivity index (χ0n) is 28.4. The van der Waals surface area contributed by atoms with Gasteiger partial charge in [0, 0.05) is 17.5 Å². The van der Waals surface area contributed by atoms with E-state index in [0.717, 1.165) is 52.2 Å². The van der Waals surface area contributed by atoms with Gasteiger partial charge in [0.25, 0.3) is 0 Å². The SMILES string of the molecule is Cc1ccc(Oc2cc(C)c(CCc3cc(C)c(C)cc3C)cc2Cc2cc(C(=O)c3ccc(C)c(C)c3)ccc2C)cc1C. The molecule has 45 heavy (non-hydrogen) atoms. The maximum Gasteiger partial charge on any atom is 0.193 e. The highest BCUT2D eigenvalue weighted by atomic mass is 16.5. The van der Waals surface area contributed by atoms with Gasteiger partial charge < -0.3 is 4.74 Å². The summed E-state index contributed by atoms with van der Waals surface area (Å²) in [6, 6.07) is 27.5. The van der Waals surface area contributed by atoms with Crippen molar-refractivity contribution >= 4 is 5.78 Å². The van der Waals surface area contributed by atoms with Crippen LogP contribution in [0.3, 0.4) is 0 Å². The highest BCUT2D eigenvalue weighted by Crippen LogP contribution is 2.33. The average Bonchev–Trinajstić information content (AvgIpc) is 3.00. The van der Waals surface area contributed by atoms with Crippen molar-refractivity contribution in [3.63, 3.8) is 0 Å². The van der Waals surface area contributed by atoms with Gasteiger partial charge in [0.15, 0.2) is 5.78 Å². The summed E-state index contributed by atoms with van der Waals surface area (Å²) in [4.78, 5) is 13.6. The van der Waals surface area contributed by atoms with Crippen molar-refractivity contribution in [2.75, 3.05) is 0 Å². The van der Waals surface area contributed by atoms with E-state index in [-0.39, 0.29) is 5.78 Å². The third-order valence-corrected chi connectivity index (χ3v) is 9.60. The van der Waals surface area contributed by atoms with Crippen LogP contribution in [0.25, 0.3) is 0 Å². The summed E-state index contributed by atoms with van der Waals surface area (Å²) in [6.07, 6.45) is 2.62. The maximum absolute atomic E-state index is 13.6. The van der Waals surface area contributed by atoms with E-state index in [9.17, 15) is 4.79 Å². The molecule has 5 aromatic carbocycles. The third kappa shape index (κ3) is 7.28. The van der Waals surface area contributed by atoms with E-state index in [0.29, 0.717) is 12.0 Å². The fourth-order valence-electron chi connectivity index (χ4n) is 6.00. The number of carbonyl (C=O) groups excluding carboxylic acids is 1. The van der Waals surface area contributed by atoms with Gasteiger partial charge in [0.2, 0.25) is 0 Å². The highest BCUT2D eigenvalue weighted by Gasteiger charge is 2.16. The molecule has 0 aliphatic heterocycles. The minimum atomic E-state index is 0.0549. The monoisotopic (exact) mass is 594 g/mol. The molecule has 0 aromatic heterocycles. The summed E-state index contributed by atoms with van der Waals surface area (Å²) in [7, 11) is 0. The molecule has 2 nitrogen and oxygen atoms in total. The van der Waals surface area contributed by atoms with Crippen LogP contribution >= 0.6 is 0 Å². The van der Waals surface area contributed by atoms with Crippen LogP contribution in [0.5, 0.6) is 11.5 Å². The highest BCUT2D eigenvalue weighted by molar-refractivity contribution is 6.09. The molecule has 0 aliphatic rings. The number of rotatable bonds is 9. The Hall–Kier alpha value is -4.43. The number of ether oxygens (including phenoxy) is 1. The molecule has 0 amide bonds. The summed E-state index contributed by atoms with van der Waals surface area (Å²) in [6.45, 7) is 19.3. The molecule has 0 unspecified atom stereocenters. The normalized spacial score (nSPS) is 11.1. The Morgan fingerprint density at radius 2 is 0.978 bits per heavy atom. The minimum absolute atomic E-state index is 0.0549. The van der Waals surface area contributed by atoms with Gasteiger partial charge in [-0.2, -0.15) is 0 Å². The van der Waals surface area contributed by atoms with Crippen LogP contribution in [0.4, 0.5) is 0 Å². The first-order valence-electron chi connectivity index (χ1n) is 16.1. The van der Waals surface area contributed by atoms with Crippen LogP contribution in [0.1, 0.15) is 88.2 Å². The standard InChI is InChI=1S/C43H46O2/c1-26-10-13-37(20-30(26)5)43(44)38-14-11-28(3)39(24-38)25-40-23-36(16-15-35-19-31(6)29(4)18-33(35)8)34(9)22-42(40)45-41-17-12-27(2)32(7)21-41/h10-14,17-24H,15-16,25H2,1-9H3. The number of benzene rings is 5. The first-order chi connectivity index (χ1) is 21.4. The Morgan fingerprint density at radius 3 is 1.64 bits per heavy atom. The lowest BCUT2D eigenvalue weighted by Crippen LogP contribution is -2.05. The second kappa shape index (κ2) is 13.3. The van der Waals surface area contributed by atoms with Gasteiger partial charge in [-0.15, -0.1) is 0 Å². The minimum Gasteiger partial charge on any atom is -0.457 e. The van der Waals surface area contributed by atoms with E-state index in [1.165, 1.54) is 50.1 Å². The van der Waals surface area contributed by atoms with Crippen molar-refractivity contribution in [1.82, 2.24) is 0 Å². The van der Waals surface area contributed by atoms with Gasteiger partial charge in [0.1, 0.15) is 11.5 Å². The van der Waals surface area contributed by atoms with Gasteiger partial charge in [-0.05, 0) is 178 Å². The second-order valence-electron chi connectivity index (χ2n) is 13.0. The number of hydrogen-bond donors (Lipinski definition) is 0. The molecule has 0 N–H and O–H groups in total. The summed E-state index contributed by atoms with van der Waals surface area (Å²) in [5.74, 6) is 1.76. The quantitative estimate of drug-likeness (QED) is 0.159. The molecule has 0 heterocycles. The fourth-order valence-corrected chi connectivity index (χ4v) is 6.00. The first-order valence-corrected chi connectivity index (χ1v) is 16.1. The smallest absolute Gasteiger partial charge is 0.193 e. The lowest BCUT2D eigenvalue weighted by molar-refractivity contribution is 0.103. The van der Waals surface area contributed by atoms with Crippen molar-refractivity contribution in [1.29, 1.82) is 0 Å². The Balaban J connectivity index is 1.51. The van der Waals surface area contributed by atoms with Gasteiger partial charge in [-0.25, -0.2) is 0 Å². The van der Waals surface area contributed by atoms with E-state index in [1.807, 2.05) is 30.3 Å². The molecule has 230 valence electrons. The number of aryl methyl sites for hydroxylation is 11. The van der Waals surface area contributed by atoms with Crippen LogP contribution in [0, 0.1) is 62.3 Å². The molecular formula is C43H46O2. The zero-order chi connectivity index (χ0) is 32.4. The molecule has 5 rings (SSSR count). The lowest BCUT2D eigenvalue weighted by atomic mass is 9.91. The van der Waals surface area contributed by atoms with Crippen molar-refractivity contribution in [2.45, 2.75) is 81.6 Å². The molecule has 2 heteroatoms. The molecule has 0 radical (unpaired) electrons. The molecule has 0 aliphatic carbocycles. The van der Waals surface area contributed by atoms with E-state index >= 15 is 0 Å². The Morgan fingerprint density at radius 1 is 0.444 bits per heavy atom. The topological polar surface area (TPSA) is 26.3 Å². The van der Waals surface area contributed by atoms with Crippen molar-refractivity contribution < 1.29 is 9.53 Å². The molecule has 0 atom stereocenters. The molecule has 5 aromatic rings. The second-order valence-corrected chi connectivity index (χ2v) is 13.0. The van der Waals surface area contributed by atoms with E-state index in [2.05, 4.69) is 111 Å². The predicted molar refractivity (Wildman–Crippen MR) is 189 cm³/mol. The lowest BCUT2D eigenvalue weighted by Gasteiger charge is -2.18. The zero-order valence-corrected chi connectivity index (χ0v) is 28.4. The van der Waals surface area contributed by atoms with Gasteiger partial charge in [-0.3, -0.25) is 4.79 Å². The average molecular weight is 595 g/mol. The maximum atomic E-state index is 13.6. The summed E-state index contributed by atoms with van der Waals surface area (Å²) in [5.41, 5.74) is 17.6. The summed E-state index contributed by atoms with van der Waals surface area (Å²) in [5, 5.41) is 0. The molecule has 0 bridgehead atoms.